The molecule has 3 rings (SSSR count). The van der Waals surface area contributed by atoms with E-state index in [1.807, 2.05) is 19.1 Å². The normalized spacial score (nSPS) is 18.1. The summed E-state index contributed by atoms with van der Waals surface area (Å²) in [6.45, 7) is 2.30. The third-order valence-electron chi connectivity index (χ3n) is 3.54. The number of benzene rings is 1. The Hall–Kier alpha value is -1.81. The molecule has 2 N–H and O–H groups in total. The molecule has 1 aromatic heterocycles. The van der Waals surface area contributed by atoms with E-state index in [2.05, 4.69) is 17.3 Å². The number of hydrogen-bond acceptors (Lipinski definition) is 4. The average molecular weight is 258 g/mol. The van der Waals surface area contributed by atoms with Gasteiger partial charge in [-0.05, 0) is 49.4 Å². The maximum Gasteiger partial charge on any atom is 0.134 e. The van der Waals surface area contributed by atoms with Crippen LogP contribution in [0.3, 0.4) is 0 Å². The Kier molecular flexibility index (Phi) is 3.25. The Morgan fingerprint density at radius 2 is 2.32 bits per heavy atom. The zero-order valence-corrected chi connectivity index (χ0v) is 11.1. The summed E-state index contributed by atoms with van der Waals surface area (Å²) in [7, 11) is 0. The van der Waals surface area contributed by atoms with Gasteiger partial charge in [0.15, 0.2) is 0 Å². The molecule has 2 aromatic rings. The molecule has 1 heterocycles. The molecule has 100 valence electrons. The van der Waals surface area contributed by atoms with E-state index in [0.717, 1.165) is 36.5 Å². The van der Waals surface area contributed by atoms with E-state index in [4.69, 9.17) is 15.0 Å². The number of fused-ring (bicyclic) bond motifs is 1. The minimum absolute atomic E-state index is 0.177. The van der Waals surface area contributed by atoms with Crippen LogP contribution in [0.15, 0.2) is 28.8 Å². The van der Waals surface area contributed by atoms with Crippen molar-refractivity contribution in [3.63, 3.8) is 0 Å². The number of rotatable bonds is 3. The van der Waals surface area contributed by atoms with E-state index in [1.54, 1.807) is 0 Å². The lowest BCUT2D eigenvalue weighted by Crippen LogP contribution is -2.17. The van der Waals surface area contributed by atoms with Crippen molar-refractivity contribution in [1.82, 2.24) is 5.16 Å². The van der Waals surface area contributed by atoms with Crippen molar-refractivity contribution >= 4 is 0 Å². The molecule has 4 nitrogen and oxygen atoms in total. The topological polar surface area (TPSA) is 61.3 Å². The third-order valence-corrected chi connectivity index (χ3v) is 3.54. The molecule has 0 amide bonds. The fraction of sp³-hybridized carbons (Fsp3) is 0.400. The van der Waals surface area contributed by atoms with E-state index in [1.165, 1.54) is 11.1 Å². The summed E-state index contributed by atoms with van der Waals surface area (Å²) >= 11 is 0. The van der Waals surface area contributed by atoms with Crippen LogP contribution in [0, 0.1) is 6.92 Å². The summed E-state index contributed by atoms with van der Waals surface area (Å²) in [6.07, 6.45) is 3.31. The van der Waals surface area contributed by atoms with Gasteiger partial charge in [-0.25, -0.2) is 0 Å². The molecule has 1 atom stereocenters. The molecule has 0 radical (unpaired) electrons. The van der Waals surface area contributed by atoms with Crippen LogP contribution in [0.2, 0.25) is 0 Å². The smallest absolute Gasteiger partial charge is 0.134 e. The lowest BCUT2D eigenvalue weighted by atomic mass is 9.88. The first-order chi connectivity index (χ1) is 9.22. The first kappa shape index (κ1) is 12.2. The zero-order valence-electron chi connectivity index (χ0n) is 11.1. The first-order valence-corrected chi connectivity index (χ1v) is 6.66. The molecule has 1 unspecified atom stereocenters. The molecule has 4 heteroatoms. The SMILES string of the molecule is Cc1cc(COc2ccc3c(c2)CCCC3N)no1. The lowest BCUT2D eigenvalue weighted by Gasteiger charge is -2.22. The summed E-state index contributed by atoms with van der Waals surface area (Å²) in [5.74, 6) is 1.67. The molecule has 1 aliphatic rings. The summed E-state index contributed by atoms with van der Waals surface area (Å²) in [4.78, 5) is 0. The Morgan fingerprint density at radius 3 is 3.11 bits per heavy atom. The zero-order chi connectivity index (χ0) is 13.2. The van der Waals surface area contributed by atoms with Gasteiger partial charge in [0.2, 0.25) is 0 Å². The van der Waals surface area contributed by atoms with Crippen LogP contribution in [0.4, 0.5) is 0 Å². The number of nitrogens with two attached hydrogens (primary N) is 1. The van der Waals surface area contributed by atoms with Crippen LogP contribution in [-0.4, -0.2) is 5.16 Å². The first-order valence-electron chi connectivity index (χ1n) is 6.66. The molecule has 0 aliphatic heterocycles. The van der Waals surface area contributed by atoms with Gasteiger partial charge in [-0.15, -0.1) is 0 Å². The Morgan fingerprint density at radius 1 is 1.42 bits per heavy atom. The molecular weight excluding hydrogens is 240 g/mol. The van der Waals surface area contributed by atoms with Gasteiger partial charge < -0.3 is 15.0 Å². The Labute approximate surface area is 112 Å². The highest BCUT2D eigenvalue weighted by atomic mass is 16.5. The molecule has 0 saturated carbocycles. The average Bonchev–Trinajstić information content (AvgIpc) is 2.82. The molecule has 0 saturated heterocycles. The van der Waals surface area contributed by atoms with Crippen molar-refractivity contribution in [3.05, 3.63) is 46.8 Å². The second-order valence-electron chi connectivity index (χ2n) is 5.08. The molecule has 1 aliphatic carbocycles. The number of nitrogens with zero attached hydrogens (tertiary/aromatic N) is 1. The monoisotopic (exact) mass is 258 g/mol. The van der Waals surface area contributed by atoms with Gasteiger partial charge in [0.1, 0.15) is 23.8 Å². The predicted molar refractivity (Wildman–Crippen MR) is 71.9 cm³/mol. The Balaban J connectivity index is 1.72. The maximum absolute atomic E-state index is 6.10. The highest BCUT2D eigenvalue weighted by Crippen LogP contribution is 2.30. The molecule has 19 heavy (non-hydrogen) atoms. The van der Waals surface area contributed by atoms with Gasteiger partial charge in [0.05, 0.1) is 0 Å². The second-order valence-corrected chi connectivity index (χ2v) is 5.08. The number of ether oxygens (including phenoxy) is 1. The predicted octanol–water partition coefficient (Wildman–Crippen LogP) is 2.90. The minimum Gasteiger partial charge on any atom is -0.487 e. The van der Waals surface area contributed by atoms with Crippen molar-refractivity contribution in [2.45, 2.75) is 38.8 Å². The summed E-state index contributed by atoms with van der Waals surface area (Å²) in [6, 6.07) is 8.23. The molecular formula is C15H18N2O2. The van der Waals surface area contributed by atoms with Crippen LogP contribution in [0.5, 0.6) is 5.75 Å². The van der Waals surface area contributed by atoms with E-state index in [9.17, 15) is 0 Å². The van der Waals surface area contributed by atoms with Crippen LogP contribution < -0.4 is 10.5 Å². The number of hydrogen-bond donors (Lipinski definition) is 1. The fourth-order valence-corrected chi connectivity index (χ4v) is 2.56. The third kappa shape index (κ3) is 2.63. The lowest BCUT2D eigenvalue weighted by molar-refractivity contribution is 0.287. The summed E-state index contributed by atoms with van der Waals surface area (Å²) in [5.41, 5.74) is 9.49. The van der Waals surface area contributed by atoms with Gasteiger partial charge in [0.25, 0.3) is 0 Å². The van der Waals surface area contributed by atoms with E-state index in [0.29, 0.717) is 6.61 Å². The highest BCUT2D eigenvalue weighted by molar-refractivity contribution is 5.38. The standard InChI is InChI=1S/C15H18N2O2/c1-10-7-12(17-19-10)9-18-13-5-6-14-11(8-13)3-2-4-15(14)16/h5-8,15H,2-4,9,16H2,1H3. The van der Waals surface area contributed by atoms with Crippen LogP contribution in [-0.2, 0) is 13.0 Å². The van der Waals surface area contributed by atoms with E-state index in [-0.39, 0.29) is 6.04 Å². The van der Waals surface area contributed by atoms with Gasteiger partial charge in [-0.2, -0.15) is 0 Å². The molecule has 0 bridgehead atoms. The van der Waals surface area contributed by atoms with Crippen molar-refractivity contribution in [2.75, 3.05) is 0 Å². The minimum atomic E-state index is 0.177. The van der Waals surface area contributed by atoms with Crippen molar-refractivity contribution in [3.8, 4) is 5.75 Å². The van der Waals surface area contributed by atoms with Crippen LogP contribution in [0.25, 0.3) is 0 Å². The van der Waals surface area contributed by atoms with Crippen LogP contribution >= 0.6 is 0 Å². The quantitative estimate of drug-likeness (QED) is 0.919. The van der Waals surface area contributed by atoms with Crippen molar-refractivity contribution in [1.29, 1.82) is 0 Å². The molecule has 0 fully saturated rings. The molecule has 1 aromatic carbocycles. The maximum atomic E-state index is 6.10. The fourth-order valence-electron chi connectivity index (χ4n) is 2.56. The number of aryl methyl sites for hydroxylation is 2. The van der Waals surface area contributed by atoms with Crippen molar-refractivity contribution < 1.29 is 9.26 Å². The number of aromatic nitrogens is 1. The molecule has 0 spiro atoms. The van der Waals surface area contributed by atoms with E-state index >= 15 is 0 Å². The summed E-state index contributed by atoms with van der Waals surface area (Å²) < 4.78 is 10.8. The Bertz CT molecular complexity index is 577. The largest absolute Gasteiger partial charge is 0.487 e. The van der Waals surface area contributed by atoms with Gasteiger partial charge in [-0.1, -0.05) is 11.2 Å². The summed E-state index contributed by atoms with van der Waals surface area (Å²) in [5, 5.41) is 3.91. The van der Waals surface area contributed by atoms with E-state index < -0.39 is 0 Å². The van der Waals surface area contributed by atoms with Crippen molar-refractivity contribution in [2.24, 2.45) is 5.73 Å². The highest BCUT2D eigenvalue weighted by Gasteiger charge is 2.17. The second kappa shape index (κ2) is 5.05. The van der Waals surface area contributed by atoms with Gasteiger partial charge in [-0.3, -0.25) is 0 Å². The van der Waals surface area contributed by atoms with Gasteiger partial charge >= 0.3 is 0 Å². The van der Waals surface area contributed by atoms with Crippen LogP contribution in [0.1, 0.15) is 41.5 Å². The van der Waals surface area contributed by atoms with Gasteiger partial charge in [0, 0.05) is 12.1 Å².